The maximum atomic E-state index is 12.9. The number of likely N-dealkylation sites (tertiary alicyclic amines) is 2. The molecule has 0 aromatic carbocycles. The summed E-state index contributed by atoms with van der Waals surface area (Å²) < 4.78 is 5.06. The minimum atomic E-state index is 0.0487. The Hall–Kier alpha value is -1.63. The van der Waals surface area contributed by atoms with Crippen LogP contribution in [-0.4, -0.2) is 64.7 Å². The van der Waals surface area contributed by atoms with Crippen molar-refractivity contribution in [3.8, 4) is 0 Å². The second kappa shape index (κ2) is 8.59. The van der Waals surface area contributed by atoms with Gasteiger partial charge in [-0.1, -0.05) is 25.9 Å². The normalized spacial score (nSPS) is 20.8. The lowest BCUT2D eigenvalue weighted by Gasteiger charge is -2.38. The number of carbonyl (C=O) groups excluding carboxylic acids is 1. The predicted octanol–water partition coefficient (Wildman–Crippen LogP) is 2.85. The number of nitrogens with zero attached hydrogens (tertiary/aromatic N) is 4. The van der Waals surface area contributed by atoms with E-state index in [0.717, 1.165) is 57.8 Å². The molecule has 0 unspecified atom stereocenters. The maximum absolute atomic E-state index is 12.9. The fraction of sp³-hybridized carbons (Fsp3) is 0.850. The van der Waals surface area contributed by atoms with Crippen LogP contribution in [0, 0.1) is 18.3 Å². The van der Waals surface area contributed by atoms with Gasteiger partial charge in [0.1, 0.15) is 0 Å². The molecule has 1 aromatic rings. The highest BCUT2D eigenvalue weighted by Crippen LogP contribution is 2.24. The molecule has 0 aliphatic carbocycles. The van der Waals surface area contributed by atoms with Crippen LogP contribution in [0.4, 0.5) is 4.79 Å². The first-order valence-corrected chi connectivity index (χ1v) is 10.4. The number of rotatable bonds is 5. The number of piperidine rings is 1. The number of aromatic nitrogens is 2. The molecule has 2 amide bonds. The van der Waals surface area contributed by atoms with Crippen molar-refractivity contribution in [3.05, 3.63) is 11.7 Å². The second-order valence-corrected chi connectivity index (χ2v) is 9.24. The minimum absolute atomic E-state index is 0.0487. The van der Waals surface area contributed by atoms with Gasteiger partial charge in [0.05, 0.1) is 0 Å². The van der Waals surface area contributed by atoms with Crippen molar-refractivity contribution >= 4 is 6.03 Å². The molecule has 7 nitrogen and oxygen atoms in total. The summed E-state index contributed by atoms with van der Waals surface area (Å²) >= 11 is 0. The molecule has 2 fully saturated rings. The van der Waals surface area contributed by atoms with Gasteiger partial charge in [-0.2, -0.15) is 4.98 Å². The number of nitrogens with one attached hydrogen (secondary N) is 1. The van der Waals surface area contributed by atoms with Crippen molar-refractivity contribution in [1.29, 1.82) is 0 Å². The summed E-state index contributed by atoms with van der Waals surface area (Å²) in [7, 11) is 0. The molecule has 27 heavy (non-hydrogen) atoms. The van der Waals surface area contributed by atoms with E-state index in [4.69, 9.17) is 4.52 Å². The van der Waals surface area contributed by atoms with Gasteiger partial charge in [-0.15, -0.1) is 0 Å². The van der Waals surface area contributed by atoms with Gasteiger partial charge in [0, 0.05) is 39.0 Å². The summed E-state index contributed by atoms with van der Waals surface area (Å²) in [6.07, 6.45) is 5.38. The molecule has 3 rings (SSSR count). The van der Waals surface area contributed by atoms with Crippen LogP contribution < -0.4 is 5.32 Å². The van der Waals surface area contributed by atoms with Gasteiger partial charge in [-0.25, -0.2) is 4.79 Å². The molecule has 2 saturated heterocycles. The minimum Gasteiger partial charge on any atom is -0.340 e. The average Bonchev–Trinajstić information content (AvgIpc) is 3.26. The summed E-state index contributed by atoms with van der Waals surface area (Å²) in [5, 5.41) is 7.32. The van der Waals surface area contributed by atoms with Crippen LogP contribution in [-0.2, 0) is 6.42 Å². The second-order valence-electron chi connectivity index (χ2n) is 9.24. The molecule has 0 spiro atoms. The van der Waals surface area contributed by atoms with Crippen molar-refractivity contribution in [1.82, 2.24) is 25.3 Å². The third kappa shape index (κ3) is 5.67. The van der Waals surface area contributed by atoms with Gasteiger partial charge in [0.15, 0.2) is 5.82 Å². The zero-order valence-electron chi connectivity index (χ0n) is 17.3. The maximum Gasteiger partial charge on any atom is 0.317 e. The topological polar surface area (TPSA) is 74.5 Å². The molecule has 2 aliphatic rings. The van der Waals surface area contributed by atoms with E-state index >= 15 is 0 Å². The van der Waals surface area contributed by atoms with Crippen LogP contribution in [0.15, 0.2) is 4.52 Å². The Kier molecular flexibility index (Phi) is 6.40. The predicted molar refractivity (Wildman–Crippen MR) is 104 cm³/mol. The summed E-state index contributed by atoms with van der Waals surface area (Å²) in [6.45, 7) is 13.3. The Morgan fingerprint density at radius 1 is 1.22 bits per heavy atom. The van der Waals surface area contributed by atoms with Crippen LogP contribution in [0.3, 0.4) is 0 Å². The van der Waals surface area contributed by atoms with Crippen molar-refractivity contribution in [2.24, 2.45) is 11.3 Å². The van der Waals surface area contributed by atoms with Gasteiger partial charge in [-0.05, 0) is 50.1 Å². The molecule has 1 aromatic heterocycles. The van der Waals surface area contributed by atoms with E-state index in [2.05, 4.69) is 41.1 Å². The Morgan fingerprint density at radius 3 is 2.44 bits per heavy atom. The molecule has 0 bridgehead atoms. The summed E-state index contributed by atoms with van der Waals surface area (Å²) in [5.41, 5.74) is 0.0487. The molecule has 0 saturated carbocycles. The number of urea groups is 1. The fourth-order valence-corrected chi connectivity index (χ4v) is 4.02. The standard InChI is InChI=1S/C20H35N5O2/c1-15-21-18(23-27-15)13-16-7-11-25(12-8-16)19(26)22-17(20(2,3)4)14-24-9-5-6-10-24/h16-17H,5-14H2,1-4H3,(H,22,26)/t17-/m0/s1. The lowest BCUT2D eigenvalue weighted by Crippen LogP contribution is -2.55. The quantitative estimate of drug-likeness (QED) is 0.854. The molecule has 0 radical (unpaired) electrons. The zero-order chi connectivity index (χ0) is 19.4. The van der Waals surface area contributed by atoms with E-state index in [9.17, 15) is 4.79 Å². The van der Waals surface area contributed by atoms with Crippen LogP contribution in [0.2, 0.25) is 0 Å². The van der Waals surface area contributed by atoms with E-state index < -0.39 is 0 Å². The Bertz CT molecular complexity index is 610. The van der Waals surface area contributed by atoms with Crippen molar-refractivity contribution in [2.75, 3.05) is 32.7 Å². The molecule has 1 N–H and O–H groups in total. The smallest absolute Gasteiger partial charge is 0.317 e. The van der Waals surface area contributed by atoms with E-state index in [1.54, 1.807) is 0 Å². The summed E-state index contributed by atoms with van der Waals surface area (Å²) in [4.78, 5) is 21.6. The zero-order valence-corrected chi connectivity index (χ0v) is 17.3. The number of aryl methyl sites for hydroxylation is 1. The highest BCUT2D eigenvalue weighted by atomic mass is 16.5. The Labute approximate surface area is 162 Å². The van der Waals surface area contributed by atoms with E-state index in [1.807, 2.05) is 11.8 Å². The fourth-order valence-electron chi connectivity index (χ4n) is 4.02. The van der Waals surface area contributed by atoms with Crippen LogP contribution in [0.5, 0.6) is 0 Å². The summed E-state index contributed by atoms with van der Waals surface area (Å²) in [6, 6.07) is 0.256. The average molecular weight is 378 g/mol. The SMILES string of the molecule is Cc1nc(CC2CCN(C(=O)N[C@@H](CN3CCCC3)C(C)(C)C)CC2)no1. The molecule has 3 heterocycles. The molecular formula is C20H35N5O2. The summed E-state index contributed by atoms with van der Waals surface area (Å²) in [5.74, 6) is 1.93. The van der Waals surface area contributed by atoms with Gasteiger partial charge in [-0.3, -0.25) is 0 Å². The van der Waals surface area contributed by atoms with Crippen LogP contribution in [0.25, 0.3) is 0 Å². The highest BCUT2D eigenvalue weighted by molar-refractivity contribution is 5.74. The Balaban J connectivity index is 1.48. The van der Waals surface area contributed by atoms with Crippen LogP contribution in [0.1, 0.15) is 58.2 Å². The molecule has 2 aliphatic heterocycles. The highest BCUT2D eigenvalue weighted by Gasteiger charge is 2.31. The number of hydrogen-bond donors (Lipinski definition) is 1. The Morgan fingerprint density at radius 2 is 1.89 bits per heavy atom. The van der Waals surface area contributed by atoms with E-state index in [1.165, 1.54) is 12.8 Å². The largest absolute Gasteiger partial charge is 0.340 e. The molecular weight excluding hydrogens is 342 g/mol. The lowest BCUT2D eigenvalue weighted by atomic mass is 9.86. The number of amides is 2. The molecule has 152 valence electrons. The third-order valence-electron chi connectivity index (χ3n) is 5.93. The third-order valence-corrected chi connectivity index (χ3v) is 5.93. The molecule has 1 atom stereocenters. The number of hydrogen-bond acceptors (Lipinski definition) is 5. The van der Waals surface area contributed by atoms with Crippen molar-refractivity contribution in [3.63, 3.8) is 0 Å². The lowest BCUT2D eigenvalue weighted by molar-refractivity contribution is 0.145. The first kappa shape index (κ1) is 20.1. The molecule has 7 heteroatoms. The number of carbonyl (C=O) groups is 1. The first-order valence-electron chi connectivity index (χ1n) is 10.4. The van der Waals surface area contributed by atoms with Gasteiger partial charge in [0.25, 0.3) is 0 Å². The van der Waals surface area contributed by atoms with Gasteiger partial charge in [0.2, 0.25) is 5.89 Å². The first-order chi connectivity index (χ1) is 12.8. The van der Waals surface area contributed by atoms with E-state index in [0.29, 0.717) is 11.8 Å². The monoisotopic (exact) mass is 377 g/mol. The van der Waals surface area contributed by atoms with Gasteiger partial charge < -0.3 is 19.6 Å². The van der Waals surface area contributed by atoms with E-state index in [-0.39, 0.29) is 17.5 Å². The van der Waals surface area contributed by atoms with Crippen molar-refractivity contribution in [2.45, 2.75) is 65.8 Å². The van der Waals surface area contributed by atoms with Crippen molar-refractivity contribution < 1.29 is 9.32 Å². The van der Waals surface area contributed by atoms with Gasteiger partial charge >= 0.3 is 6.03 Å². The van der Waals surface area contributed by atoms with Crippen LogP contribution >= 0.6 is 0 Å².